The highest BCUT2D eigenvalue weighted by molar-refractivity contribution is 6.04. The van der Waals surface area contributed by atoms with Crippen molar-refractivity contribution >= 4 is 16.7 Å². The average Bonchev–Trinajstić information content (AvgIpc) is 2.74. The summed E-state index contributed by atoms with van der Waals surface area (Å²) >= 11 is 0. The van der Waals surface area contributed by atoms with Crippen LogP contribution in [0.1, 0.15) is 42.6 Å². The lowest BCUT2D eigenvalue weighted by molar-refractivity contribution is 0.0690. The van der Waals surface area contributed by atoms with E-state index in [1.807, 2.05) is 54.4 Å². The third kappa shape index (κ3) is 3.25. The van der Waals surface area contributed by atoms with Crippen LogP contribution >= 0.6 is 0 Å². The second kappa shape index (κ2) is 7.35. The lowest BCUT2D eigenvalue weighted by Crippen LogP contribution is -2.39. The first-order valence-corrected chi connectivity index (χ1v) is 9.51. The molecule has 0 saturated heterocycles. The molecule has 5 nitrogen and oxygen atoms in total. The van der Waals surface area contributed by atoms with Crippen LogP contribution in [0.15, 0.2) is 59.4 Å². The number of hydrogen-bond acceptors (Lipinski definition) is 3. The van der Waals surface area contributed by atoms with Crippen LogP contribution in [-0.2, 0) is 0 Å². The zero-order chi connectivity index (χ0) is 18.8. The van der Waals surface area contributed by atoms with E-state index in [2.05, 4.69) is 5.10 Å². The molecule has 0 atom stereocenters. The summed E-state index contributed by atoms with van der Waals surface area (Å²) in [7, 11) is 1.85. The van der Waals surface area contributed by atoms with Gasteiger partial charge in [0.2, 0.25) is 0 Å². The van der Waals surface area contributed by atoms with Crippen LogP contribution in [0.3, 0.4) is 0 Å². The van der Waals surface area contributed by atoms with E-state index in [4.69, 9.17) is 0 Å². The normalized spacial score (nSPS) is 15.0. The van der Waals surface area contributed by atoms with Crippen LogP contribution < -0.4 is 5.56 Å². The van der Waals surface area contributed by atoms with Gasteiger partial charge in [0.25, 0.3) is 11.5 Å². The second-order valence-corrected chi connectivity index (χ2v) is 7.15. The predicted molar refractivity (Wildman–Crippen MR) is 106 cm³/mol. The smallest absolute Gasteiger partial charge is 0.279 e. The lowest BCUT2D eigenvalue weighted by atomic mass is 9.94. The van der Waals surface area contributed by atoms with Crippen LogP contribution in [0.2, 0.25) is 0 Å². The fraction of sp³-hybridized carbons (Fsp3) is 0.318. The van der Waals surface area contributed by atoms with Crippen LogP contribution in [0.4, 0.5) is 0 Å². The lowest BCUT2D eigenvalue weighted by Gasteiger charge is -2.31. The molecular weight excluding hydrogens is 338 g/mol. The first kappa shape index (κ1) is 17.5. The minimum Gasteiger partial charge on any atom is -0.337 e. The molecule has 1 aromatic heterocycles. The summed E-state index contributed by atoms with van der Waals surface area (Å²) in [5.41, 5.74) is 0.776. The maximum atomic E-state index is 13.3. The summed E-state index contributed by atoms with van der Waals surface area (Å²) in [5, 5.41) is 5.62. The van der Waals surface area contributed by atoms with Crippen LogP contribution in [0, 0.1) is 0 Å². The molecule has 1 saturated carbocycles. The third-order valence-electron chi connectivity index (χ3n) is 5.45. The molecule has 4 rings (SSSR count). The number of hydrogen-bond donors (Lipinski definition) is 0. The average molecular weight is 361 g/mol. The number of carbonyl (C=O) groups excluding carboxylic acids is 1. The molecule has 3 aromatic rings. The van der Waals surface area contributed by atoms with E-state index in [1.165, 1.54) is 11.1 Å². The topological polar surface area (TPSA) is 55.2 Å². The maximum Gasteiger partial charge on any atom is 0.279 e. The van der Waals surface area contributed by atoms with Gasteiger partial charge in [-0.1, -0.05) is 55.7 Å². The molecule has 1 amide bonds. The van der Waals surface area contributed by atoms with Crippen molar-refractivity contribution in [1.82, 2.24) is 14.7 Å². The van der Waals surface area contributed by atoms with Crippen molar-refractivity contribution in [2.75, 3.05) is 7.05 Å². The molecular formula is C22H23N3O2. The summed E-state index contributed by atoms with van der Waals surface area (Å²) in [6, 6.07) is 16.7. The van der Waals surface area contributed by atoms with Gasteiger partial charge in [-0.2, -0.15) is 9.78 Å². The molecule has 1 aliphatic carbocycles. The molecule has 0 N–H and O–H groups in total. The monoisotopic (exact) mass is 361 g/mol. The summed E-state index contributed by atoms with van der Waals surface area (Å²) < 4.78 is 1.34. The predicted octanol–water partition coefficient (Wildman–Crippen LogP) is 3.79. The number of carbonyl (C=O) groups is 1. The molecule has 0 spiro atoms. The molecule has 27 heavy (non-hydrogen) atoms. The first-order valence-electron chi connectivity index (χ1n) is 9.51. The Morgan fingerprint density at radius 3 is 2.30 bits per heavy atom. The number of para-hydroxylation sites is 1. The van der Waals surface area contributed by atoms with Gasteiger partial charge in [0, 0.05) is 18.5 Å². The number of benzene rings is 2. The molecule has 2 aromatic carbocycles. The standard InChI is InChI=1S/C22H23N3O2/c1-24(16-10-4-2-5-11-16)22(27)20-18-14-8-9-15-19(18)21(26)25(23-20)17-12-6-3-7-13-17/h3,6-9,12-16H,2,4-5,10-11H2,1H3. The number of nitrogens with zero attached hydrogens (tertiary/aromatic N) is 3. The zero-order valence-electron chi connectivity index (χ0n) is 15.5. The van der Waals surface area contributed by atoms with Gasteiger partial charge in [-0.25, -0.2) is 0 Å². The van der Waals surface area contributed by atoms with Gasteiger partial charge in [0.05, 0.1) is 11.1 Å². The zero-order valence-corrected chi connectivity index (χ0v) is 15.5. The fourth-order valence-electron chi connectivity index (χ4n) is 3.89. The molecule has 5 heteroatoms. The highest BCUT2D eigenvalue weighted by Gasteiger charge is 2.26. The van der Waals surface area contributed by atoms with E-state index in [9.17, 15) is 9.59 Å². The third-order valence-corrected chi connectivity index (χ3v) is 5.45. The van der Waals surface area contributed by atoms with Crippen molar-refractivity contribution in [3.63, 3.8) is 0 Å². The summed E-state index contributed by atoms with van der Waals surface area (Å²) in [6.07, 6.45) is 5.59. The van der Waals surface area contributed by atoms with E-state index in [1.54, 1.807) is 12.1 Å². The van der Waals surface area contributed by atoms with Gasteiger partial charge in [-0.05, 0) is 31.0 Å². The Morgan fingerprint density at radius 2 is 1.59 bits per heavy atom. The largest absolute Gasteiger partial charge is 0.337 e. The Bertz CT molecular complexity index is 1020. The van der Waals surface area contributed by atoms with Crippen molar-refractivity contribution in [3.8, 4) is 5.69 Å². The van der Waals surface area contributed by atoms with E-state index >= 15 is 0 Å². The first-order chi connectivity index (χ1) is 13.2. The van der Waals surface area contributed by atoms with Crippen molar-refractivity contribution in [1.29, 1.82) is 0 Å². The Morgan fingerprint density at radius 1 is 0.963 bits per heavy atom. The van der Waals surface area contributed by atoms with Gasteiger partial charge in [0.15, 0.2) is 5.69 Å². The molecule has 1 fully saturated rings. The van der Waals surface area contributed by atoms with Crippen molar-refractivity contribution < 1.29 is 4.79 Å². The molecule has 0 bridgehead atoms. The van der Waals surface area contributed by atoms with Gasteiger partial charge >= 0.3 is 0 Å². The van der Waals surface area contributed by atoms with Crippen molar-refractivity contribution in [2.24, 2.45) is 0 Å². The maximum absolute atomic E-state index is 13.3. The Hall–Kier alpha value is -2.95. The van der Waals surface area contributed by atoms with E-state index in [-0.39, 0.29) is 17.5 Å². The SMILES string of the molecule is CN(C(=O)c1nn(-c2ccccc2)c(=O)c2ccccc12)C1CCCCC1. The van der Waals surface area contributed by atoms with Gasteiger partial charge in [-0.15, -0.1) is 0 Å². The number of fused-ring (bicyclic) bond motifs is 1. The molecule has 138 valence electrons. The van der Waals surface area contributed by atoms with Gasteiger partial charge in [0.1, 0.15) is 0 Å². The summed E-state index contributed by atoms with van der Waals surface area (Å²) in [4.78, 5) is 28.1. The Balaban J connectivity index is 1.85. The molecule has 0 unspecified atom stereocenters. The molecule has 1 aliphatic rings. The minimum atomic E-state index is -0.214. The van der Waals surface area contributed by atoms with Crippen LogP contribution in [0.25, 0.3) is 16.5 Å². The summed E-state index contributed by atoms with van der Waals surface area (Å²) in [6.45, 7) is 0. The van der Waals surface area contributed by atoms with E-state index in [0.29, 0.717) is 22.2 Å². The van der Waals surface area contributed by atoms with E-state index < -0.39 is 0 Å². The number of aromatic nitrogens is 2. The molecule has 1 heterocycles. The van der Waals surface area contributed by atoms with E-state index in [0.717, 1.165) is 25.7 Å². The fourth-order valence-corrected chi connectivity index (χ4v) is 3.89. The molecule has 0 radical (unpaired) electrons. The highest BCUT2D eigenvalue weighted by Crippen LogP contribution is 2.24. The second-order valence-electron chi connectivity index (χ2n) is 7.15. The number of amides is 1. The summed E-state index contributed by atoms with van der Waals surface area (Å²) in [5.74, 6) is -0.122. The van der Waals surface area contributed by atoms with Gasteiger partial charge in [-0.3, -0.25) is 9.59 Å². The quantitative estimate of drug-likeness (QED) is 0.713. The van der Waals surface area contributed by atoms with Crippen LogP contribution in [0.5, 0.6) is 0 Å². The van der Waals surface area contributed by atoms with Gasteiger partial charge < -0.3 is 4.90 Å². The van der Waals surface area contributed by atoms with Crippen LogP contribution in [-0.4, -0.2) is 33.7 Å². The van der Waals surface area contributed by atoms with Crippen molar-refractivity contribution in [2.45, 2.75) is 38.1 Å². The molecule has 0 aliphatic heterocycles. The highest BCUT2D eigenvalue weighted by atomic mass is 16.2. The number of rotatable bonds is 3. The Kier molecular flexibility index (Phi) is 4.75. The van der Waals surface area contributed by atoms with Crippen molar-refractivity contribution in [3.05, 3.63) is 70.6 Å². The minimum absolute atomic E-state index is 0.122. The Labute approximate surface area is 158 Å².